The van der Waals surface area contributed by atoms with Gasteiger partial charge in [-0.05, 0) is 39.4 Å². The van der Waals surface area contributed by atoms with Crippen LogP contribution in [0.25, 0.3) is 0 Å². The molecule has 0 aromatic heterocycles. The Morgan fingerprint density at radius 2 is 2.27 bits per heavy atom. The largest absolute Gasteiger partial charge is 0.329 e. The lowest BCUT2D eigenvalue weighted by Crippen LogP contribution is -2.47. The Morgan fingerprint density at radius 1 is 1.47 bits per heavy atom. The molecule has 1 aliphatic rings. The average molecular weight is 213 g/mol. The second-order valence-corrected chi connectivity index (χ2v) is 4.72. The van der Waals surface area contributed by atoms with E-state index in [9.17, 15) is 0 Å². The third-order valence-corrected chi connectivity index (χ3v) is 3.41. The summed E-state index contributed by atoms with van der Waals surface area (Å²) in [6.07, 6.45) is 5.34. The number of likely N-dealkylation sites (tertiary alicyclic amines) is 1. The molecule has 0 bridgehead atoms. The third kappa shape index (κ3) is 4.49. The van der Waals surface area contributed by atoms with Gasteiger partial charge in [0, 0.05) is 25.7 Å². The van der Waals surface area contributed by atoms with E-state index in [0.717, 1.165) is 19.1 Å². The van der Waals surface area contributed by atoms with Crippen molar-refractivity contribution >= 4 is 0 Å². The molecule has 15 heavy (non-hydrogen) atoms. The molecular weight excluding hydrogens is 186 g/mol. The van der Waals surface area contributed by atoms with Gasteiger partial charge in [-0.15, -0.1) is 0 Å². The number of hydrogen-bond donors (Lipinski definition) is 1. The first kappa shape index (κ1) is 12.9. The van der Waals surface area contributed by atoms with Crippen molar-refractivity contribution < 1.29 is 0 Å². The van der Waals surface area contributed by atoms with E-state index < -0.39 is 0 Å². The summed E-state index contributed by atoms with van der Waals surface area (Å²) in [6, 6.07) is 0.735. The van der Waals surface area contributed by atoms with Crippen molar-refractivity contribution in [3.8, 4) is 0 Å². The maximum absolute atomic E-state index is 5.60. The van der Waals surface area contributed by atoms with Crippen LogP contribution in [0.3, 0.4) is 0 Å². The smallest absolute Gasteiger partial charge is 0.0221 e. The van der Waals surface area contributed by atoms with Gasteiger partial charge in [0.2, 0.25) is 0 Å². The van der Waals surface area contributed by atoms with Crippen molar-refractivity contribution in [2.24, 2.45) is 5.73 Å². The van der Waals surface area contributed by atoms with Crippen molar-refractivity contribution in [3.63, 3.8) is 0 Å². The predicted molar refractivity (Wildman–Crippen MR) is 66.1 cm³/mol. The number of rotatable bonds is 6. The highest BCUT2D eigenvalue weighted by Gasteiger charge is 2.21. The normalized spacial score (nSPS) is 23.6. The highest BCUT2D eigenvalue weighted by molar-refractivity contribution is 4.79. The molecule has 3 nitrogen and oxygen atoms in total. The molecule has 1 saturated heterocycles. The second-order valence-electron chi connectivity index (χ2n) is 4.72. The molecule has 0 amide bonds. The number of hydrogen-bond acceptors (Lipinski definition) is 3. The molecular formula is C12H27N3. The monoisotopic (exact) mass is 213 g/mol. The quantitative estimate of drug-likeness (QED) is 0.718. The molecule has 0 saturated carbocycles. The van der Waals surface area contributed by atoms with Crippen LogP contribution in [0, 0.1) is 0 Å². The number of piperidine rings is 1. The van der Waals surface area contributed by atoms with Gasteiger partial charge in [-0.1, -0.05) is 13.3 Å². The number of likely N-dealkylation sites (N-methyl/N-ethyl adjacent to an activating group) is 1. The molecule has 0 aromatic rings. The van der Waals surface area contributed by atoms with Crippen LogP contribution >= 0.6 is 0 Å². The minimum atomic E-state index is 0.735. The SMILES string of the molecule is CCCCN1CCCC(N(C)CCN)C1. The fraction of sp³-hybridized carbons (Fsp3) is 1.00. The summed E-state index contributed by atoms with van der Waals surface area (Å²) in [7, 11) is 2.21. The zero-order chi connectivity index (χ0) is 11.1. The summed E-state index contributed by atoms with van der Waals surface area (Å²) < 4.78 is 0. The van der Waals surface area contributed by atoms with E-state index in [1.807, 2.05) is 0 Å². The van der Waals surface area contributed by atoms with Gasteiger partial charge in [-0.25, -0.2) is 0 Å². The van der Waals surface area contributed by atoms with Crippen molar-refractivity contribution in [1.29, 1.82) is 0 Å². The van der Waals surface area contributed by atoms with Gasteiger partial charge in [-0.2, -0.15) is 0 Å². The van der Waals surface area contributed by atoms with Crippen LogP contribution in [-0.2, 0) is 0 Å². The van der Waals surface area contributed by atoms with E-state index in [4.69, 9.17) is 5.73 Å². The first-order chi connectivity index (χ1) is 7.27. The molecule has 1 rings (SSSR count). The molecule has 1 unspecified atom stereocenters. The van der Waals surface area contributed by atoms with Crippen molar-refractivity contribution in [3.05, 3.63) is 0 Å². The van der Waals surface area contributed by atoms with Gasteiger partial charge < -0.3 is 15.5 Å². The zero-order valence-electron chi connectivity index (χ0n) is 10.4. The first-order valence-electron chi connectivity index (χ1n) is 6.40. The minimum absolute atomic E-state index is 0.735. The highest BCUT2D eigenvalue weighted by atomic mass is 15.2. The number of nitrogens with two attached hydrogens (primary N) is 1. The highest BCUT2D eigenvalue weighted by Crippen LogP contribution is 2.14. The van der Waals surface area contributed by atoms with Crippen molar-refractivity contribution in [2.75, 3.05) is 39.8 Å². The molecule has 1 fully saturated rings. The Hall–Kier alpha value is -0.120. The zero-order valence-corrected chi connectivity index (χ0v) is 10.4. The van der Waals surface area contributed by atoms with Crippen LogP contribution in [0.15, 0.2) is 0 Å². The molecule has 0 radical (unpaired) electrons. The van der Waals surface area contributed by atoms with E-state index in [-0.39, 0.29) is 0 Å². The summed E-state index contributed by atoms with van der Waals surface area (Å²) in [5.41, 5.74) is 5.60. The Bertz CT molecular complexity index is 161. The Kier molecular flexibility index (Phi) is 6.22. The molecule has 2 N–H and O–H groups in total. The van der Waals surface area contributed by atoms with Gasteiger partial charge in [0.05, 0.1) is 0 Å². The van der Waals surface area contributed by atoms with E-state index in [1.165, 1.54) is 45.3 Å². The number of nitrogens with zero attached hydrogens (tertiary/aromatic N) is 2. The summed E-state index contributed by atoms with van der Waals surface area (Å²) in [4.78, 5) is 5.04. The lowest BCUT2D eigenvalue weighted by atomic mass is 10.0. The van der Waals surface area contributed by atoms with Crippen molar-refractivity contribution in [2.45, 2.75) is 38.6 Å². The maximum atomic E-state index is 5.60. The maximum Gasteiger partial charge on any atom is 0.0221 e. The molecule has 3 heteroatoms. The van der Waals surface area contributed by atoms with Crippen LogP contribution in [-0.4, -0.2) is 55.6 Å². The summed E-state index contributed by atoms with van der Waals surface area (Å²) in [5.74, 6) is 0. The minimum Gasteiger partial charge on any atom is -0.329 e. The summed E-state index contributed by atoms with van der Waals surface area (Å²) >= 11 is 0. The topological polar surface area (TPSA) is 32.5 Å². The fourth-order valence-corrected chi connectivity index (χ4v) is 2.36. The van der Waals surface area contributed by atoms with Crippen LogP contribution in [0.2, 0.25) is 0 Å². The predicted octanol–water partition coefficient (Wildman–Crippen LogP) is 1.14. The molecule has 90 valence electrons. The van der Waals surface area contributed by atoms with Gasteiger partial charge in [0.1, 0.15) is 0 Å². The lowest BCUT2D eigenvalue weighted by Gasteiger charge is -2.37. The molecule has 0 aromatic carbocycles. The van der Waals surface area contributed by atoms with Gasteiger partial charge in [0.15, 0.2) is 0 Å². The summed E-state index contributed by atoms with van der Waals surface area (Å²) in [5, 5.41) is 0. The van der Waals surface area contributed by atoms with Crippen LogP contribution < -0.4 is 5.73 Å². The molecule has 1 atom stereocenters. The Morgan fingerprint density at radius 3 is 2.93 bits per heavy atom. The first-order valence-corrected chi connectivity index (χ1v) is 6.40. The van der Waals surface area contributed by atoms with Crippen LogP contribution in [0.1, 0.15) is 32.6 Å². The molecule has 1 heterocycles. The Labute approximate surface area is 94.6 Å². The molecule has 1 aliphatic heterocycles. The molecule has 0 aliphatic carbocycles. The van der Waals surface area contributed by atoms with Crippen LogP contribution in [0.5, 0.6) is 0 Å². The second kappa shape index (κ2) is 7.20. The lowest BCUT2D eigenvalue weighted by molar-refractivity contribution is 0.117. The van der Waals surface area contributed by atoms with Gasteiger partial charge in [-0.3, -0.25) is 0 Å². The third-order valence-electron chi connectivity index (χ3n) is 3.41. The van der Waals surface area contributed by atoms with Crippen LogP contribution in [0.4, 0.5) is 0 Å². The van der Waals surface area contributed by atoms with E-state index in [0.29, 0.717) is 0 Å². The standard InChI is InChI=1S/C12H27N3/c1-3-4-8-15-9-5-6-12(11-15)14(2)10-7-13/h12H,3-11,13H2,1-2H3. The van der Waals surface area contributed by atoms with Gasteiger partial charge >= 0.3 is 0 Å². The van der Waals surface area contributed by atoms with Gasteiger partial charge in [0.25, 0.3) is 0 Å². The van der Waals surface area contributed by atoms with E-state index in [1.54, 1.807) is 0 Å². The average Bonchev–Trinajstić information content (AvgIpc) is 2.27. The number of unbranched alkanes of at least 4 members (excludes halogenated alkanes) is 1. The van der Waals surface area contributed by atoms with E-state index >= 15 is 0 Å². The Balaban J connectivity index is 2.28. The molecule has 0 spiro atoms. The summed E-state index contributed by atoms with van der Waals surface area (Å²) in [6.45, 7) is 7.91. The van der Waals surface area contributed by atoms with E-state index in [2.05, 4.69) is 23.8 Å². The fourth-order valence-electron chi connectivity index (χ4n) is 2.36. The van der Waals surface area contributed by atoms with Crippen molar-refractivity contribution in [1.82, 2.24) is 9.80 Å².